The molecule has 0 bridgehead atoms. The average molecular weight is 394 g/mol. The van der Waals surface area contributed by atoms with Gasteiger partial charge in [0.1, 0.15) is 0 Å². The highest BCUT2D eigenvalue weighted by atomic mass is 32.2. The third-order valence-corrected chi connectivity index (χ3v) is 5.86. The summed E-state index contributed by atoms with van der Waals surface area (Å²) in [4.78, 5) is 4.79. The van der Waals surface area contributed by atoms with Gasteiger partial charge in [-0.15, -0.1) is 0 Å². The van der Waals surface area contributed by atoms with E-state index in [4.69, 9.17) is 0 Å². The van der Waals surface area contributed by atoms with E-state index in [-0.39, 0.29) is 0 Å². The molecule has 0 aromatic heterocycles. The molecule has 1 N–H and O–H groups in total. The summed E-state index contributed by atoms with van der Waals surface area (Å²) in [7, 11) is 0. The second-order valence-electron chi connectivity index (χ2n) is 6.70. The Balaban J connectivity index is 1.49. The minimum Gasteiger partial charge on any atom is -0.308 e. The minimum absolute atomic E-state index is 0.972. The SMILES string of the molecule is C(=NNc1ccccc1)c1ccc2c(c1)Sc1ccccc1N2c1ccccc1. The molecular formula is C25H19N3S. The number of hydrazone groups is 1. The molecule has 0 saturated carbocycles. The highest BCUT2D eigenvalue weighted by Crippen LogP contribution is 2.51. The largest absolute Gasteiger partial charge is 0.308 e. The summed E-state index contributed by atoms with van der Waals surface area (Å²) in [6, 6.07) is 35.5. The Morgan fingerprint density at radius 2 is 1.38 bits per heavy atom. The van der Waals surface area contributed by atoms with Crippen LogP contribution in [0.15, 0.2) is 118 Å². The first-order chi connectivity index (χ1) is 14.4. The number of anilines is 4. The van der Waals surface area contributed by atoms with Gasteiger partial charge in [0, 0.05) is 15.5 Å². The van der Waals surface area contributed by atoms with Gasteiger partial charge in [-0.25, -0.2) is 0 Å². The molecule has 0 saturated heterocycles. The van der Waals surface area contributed by atoms with Gasteiger partial charge in [0.25, 0.3) is 0 Å². The molecule has 5 rings (SSSR count). The summed E-state index contributed by atoms with van der Waals surface area (Å²) in [5.74, 6) is 0. The monoisotopic (exact) mass is 393 g/mol. The molecule has 0 unspecified atom stereocenters. The van der Waals surface area contributed by atoms with Gasteiger partial charge in [0.2, 0.25) is 0 Å². The van der Waals surface area contributed by atoms with E-state index in [0.29, 0.717) is 0 Å². The predicted octanol–water partition coefficient (Wildman–Crippen LogP) is 7.07. The van der Waals surface area contributed by atoms with E-state index in [1.807, 2.05) is 42.6 Å². The molecule has 0 atom stereocenters. The molecule has 4 aromatic rings. The van der Waals surface area contributed by atoms with Crippen LogP contribution < -0.4 is 10.3 Å². The maximum atomic E-state index is 4.38. The number of nitrogens with one attached hydrogen (secondary N) is 1. The van der Waals surface area contributed by atoms with Crippen LogP contribution in [0.25, 0.3) is 0 Å². The van der Waals surface area contributed by atoms with Crippen LogP contribution in [-0.2, 0) is 0 Å². The van der Waals surface area contributed by atoms with Crippen molar-refractivity contribution in [3.63, 3.8) is 0 Å². The topological polar surface area (TPSA) is 27.6 Å². The molecule has 4 aromatic carbocycles. The van der Waals surface area contributed by atoms with Crippen molar-refractivity contribution in [1.82, 2.24) is 0 Å². The fourth-order valence-electron chi connectivity index (χ4n) is 3.40. The molecule has 0 amide bonds. The van der Waals surface area contributed by atoms with Gasteiger partial charge in [-0.1, -0.05) is 66.4 Å². The molecule has 0 aliphatic carbocycles. The number of para-hydroxylation sites is 3. The lowest BCUT2D eigenvalue weighted by atomic mass is 10.1. The number of hydrogen-bond acceptors (Lipinski definition) is 4. The Bertz CT molecular complexity index is 1160. The van der Waals surface area contributed by atoms with Crippen LogP contribution in [0.3, 0.4) is 0 Å². The summed E-state index contributed by atoms with van der Waals surface area (Å²) >= 11 is 1.80. The maximum Gasteiger partial charge on any atom is 0.0602 e. The fraction of sp³-hybridized carbons (Fsp3) is 0. The minimum atomic E-state index is 0.972. The average Bonchev–Trinajstić information content (AvgIpc) is 2.78. The van der Waals surface area contributed by atoms with E-state index >= 15 is 0 Å². The third kappa shape index (κ3) is 3.62. The summed E-state index contributed by atoms with van der Waals surface area (Å²) in [5.41, 5.74) is 8.67. The molecule has 1 heterocycles. The van der Waals surface area contributed by atoms with Crippen LogP contribution in [0.1, 0.15) is 5.56 Å². The van der Waals surface area contributed by atoms with Crippen molar-refractivity contribution in [2.24, 2.45) is 5.10 Å². The number of fused-ring (bicyclic) bond motifs is 2. The molecule has 0 spiro atoms. The molecule has 0 radical (unpaired) electrons. The quantitative estimate of drug-likeness (QED) is 0.261. The number of rotatable bonds is 4. The second kappa shape index (κ2) is 7.86. The highest BCUT2D eigenvalue weighted by Gasteiger charge is 2.24. The molecule has 29 heavy (non-hydrogen) atoms. The van der Waals surface area contributed by atoms with Gasteiger partial charge in [-0.05, 0) is 54.1 Å². The lowest BCUT2D eigenvalue weighted by Gasteiger charge is -2.33. The van der Waals surface area contributed by atoms with E-state index < -0.39 is 0 Å². The van der Waals surface area contributed by atoms with Crippen molar-refractivity contribution in [2.45, 2.75) is 9.79 Å². The second-order valence-corrected chi connectivity index (χ2v) is 7.79. The zero-order valence-electron chi connectivity index (χ0n) is 15.7. The van der Waals surface area contributed by atoms with Crippen molar-refractivity contribution in [3.05, 3.63) is 109 Å². The Morgan fingerprint density at radius 3 is 2.21 bits per heavy atom. The smallest absolute Gasteiger partial charge is 0.0602 e. The van der Waals surface area contributed by atoms with Gasteiger partial charge >= 0.3 is 0 Å². The zero-order chi connectivity index (χ0) is 19.5. The van der Waals surface area contributed by atoms with E-state index in [1.165, 1.54) is 21.2 Å². The summed E-state index contributed by atoms with van der Waals surface area (Å²) in [6.07, 6.45) is 1.86. The van der Waals surface area contributed by atoms with Crippen molar-refractivity contribution in [2.75, 3.05) is 10.3 Å². The first-order valence-corrected chi connectivity index (χ1v) is 10.3. The van der Waals surface area contributed by atoms with Gasteiger partial charge in [0.05, 0.1) is 23.3 Å². The Labute approximate surface area is 174 Å². The Kier molecular flexibility index (Phi) is 4.76. The lowest BCUT2D eigenvalue weighted by Crippen LogP contribution is -2.14. The summed E-state index contributed by atoms with van der Waals surface area (Å²) < 4.78 is 0. The van der Waals surface area contributed by atoms with E-state index in [9.17, 15) is 0 Å². The van der Waals surface area contributed by atoms with Gasteiger partial charge < -0.3 is 4.90 Å². The maximum absolute atomic E-state index is 4.38. The lowest BCUT2D eigenvalue weighted by molar-refractivity contribution is 1.16. The van der Waals surface area contributed by atoms with Gasteiger partial charge in [-0.3, -0.25) is 5.43 Å². The summed E-state index contributed by atoms with van der Waals surface area (Å²) in [6.45, 7) is 0. The van der Waals surface area contributed by atoms with E-state index in [0.717, 1.165) is 16.9 Å². The van der Waals surface area contributed by atoms with Crippen LogP contribution >= 0.6 is 11.8 Å². The fourth-order valence-corrected chi connectivity index (χ4v) is 4.51. The summed E-state index contributed by atoms with van der Waals surface area (Å²) in [5, 5.41) is 4.38. The third-order valence-electron chi connectivity index (χ3n) is 4.75. The first-order valence-electron chi connectivity index (χ1n) is 9.49. The molecule has 1 aliphatic heterocycles. The molecular weight excluding hydrogens is 374 g/mol. The van der Waals surface area contributed by atoms with Crippen LogP contribution in [0.2, 0.25) is 0 Å². The van der Waals surface area contributed by atoms with E-state index in [1.54, 1.807) is 11.8 Å². The van der Waals surface area contributed by atoms with Gasteiger partial charge in [-0.2, -0.15) is 5.10 Å². The van der Waals surface area contributed by atoms with Crippen LogP contribution in [0, 0.1) is 0 Å². The molecule has 3 nitrogen and oxygen atoms in total. The van der Waals surface area contributed by atoms with Crippen LogP contribution in [-0.4, -0.2) is 6.21 Å². The van der Waals surface area contributed by atoms with Crippen molar-refractivity contribution >= 4 is 40.7 Å². The van der Waals surface area contributed by atoms with Crippen molar-refractivity contribution in [3.8, 4) is 0 Å². The van der Waals surface area contributed by atoms with Crippen molar-refractivity contribution < 1.29 is 0 Å². The highest BCUT2D eigenvalue weighted by molar-refractivity contribution is 7.99. The first kappa shape index (κ1) is 17.6. The molecule has 140 valence electrons. The normalized spacial score (nSPS) is 12.5. The number of nitrogens with zero attached hydrogens (tertiary/aromatic N) is 2. The molecule has 1 aliphatic rings. The molecule has 4 heteroatoms. The van der Waals surface area contributed by atoms with Gasteiger partial charge in [0.15, 0.2) is 0 Å². The predicted molar refractivity (Wildman–Crippen MR) is 123 cm³/mol. The molecule has 0 fully saturated rings. The zero-order valence-corrected chi connectivity index (χ0v) is 16.5. The number of benzene rings is 4. The van der Waals surface area contributed by atoms with E-state index in [2.05, 4.69) is 82.2 Å². The standard InChI is InChI=1S/C25H19N3S/c1-3-9-20(10-4-1)27-26-18-19-15-16-23-25(17-19)29-24-14-8-7-13-22(24)28(23)21-11-5-2-6-12-21/h1-18,27H. The Hall–Kier alpha value is -3.50. The number of hydrogen-bond donors (Lipinski definition) is 1. The Morgan fingerprint density at radius 1 is 0.690 bits per heavy atom. The van der Waals surface area contributed by atoms with Crippen LogP contribution in [0.5, 0.6) is 0 Å². The van der Waals surface area contributed by atoms with Crippen molar-refractivity contribution in [1.29, 1.82) is 0 Å². The van der Waals surface area contributed by atoms with Crippen LogP contribution in [0.4, 0.5) is 22.7 Å².